The van der Waals surface area contributed by atoms with Crippen molar-refractivity contribution in [3.63, 3.8) is 0 Å². The highest BCUT2D eigenvalue weighted by Crippen LogP contribution is 2.83. The summed E-state index contributed by atoms with van der Waals surface area (Å²) in [5.74, 6) is 2.74. The molecular weight excluding hydrogens is 400 g/mol. The zero-order chi connectivity index (χ0) is 22.9. The number of aliphatic hydroxyl groups is 1. The van der Waals surface area contributed by atoms with Crippen LogP contribution in [0.5, 0.6) is 0 Å². The molecule has 6 rings (SSSR count). The Hall–Kier alpha value is -0.710. The van der Waals surface area contributed by atoms with Crippen LogP contribution in [0.2, 0.25) is 0 Å². The van der Waals surface area contributed by atoms with Crippen LogP contribution in [0.25, 0.3) is 0 Å². The average Bonchev–Trinajstić information content (AvgIpc) is 3.60. The molecule has 3 spiro atoms. The average molecular weight is 443 g/mol. The van der Waals surface area contributed by atoms with Gasteiger partial charge in [-0.1, -0.05) is 53.7 Å². The van der Waals surface area contributed by atoms with Crippen molar-refractivity contribution in [1.82, 2.24) is 0 Å². The van der Waals surface area contributed by atoms with E-state index in [-0.39, 0.29) is 40.3 Å². The molecule has 11 unspecified atom stereocenters. The fourth-order valence-corrected chi connectivity index (χ4v) is 9.47. The van der Waals surface area contributed by atoms with Crippen molar-refractivity contribution in [2.45, 2.75) is 115 Å². The largest absolute Gasteiger partial charge is 0.393 e. The van der Waals surface area contributed by atoms with Crippen molar-refractivity contribution < 1.29 is 19.4 Å². The summed E-state index contributed by atoms with van der Waals surface area (Å²) in [7, 11) is 0. The number of epoxide rings is 2. The highest BCUT2D eigenvalue weighted by atomic mass is 16.7. The summed E-state index contributed by atoms with van der Waals surface area (Å²) in [5.41, 5.74) is -1.38. The molecule has 0 amide bonds. The first-order chi connectivity index (χ1) is 15.0. The topological polar surface area (TPSA) is 62.4 Å². The van der Waals surface area contributed by atoms with Gasteiger partial charge in [-0.25, -0.2) is 0 Å². The van der Waals surface area contributed by atoms with Crippen molar-refractivity contribution >= 4 is 5.78 Å². The third-order valence-electron chi connectivity index (χ3n) is 11.9. The normalized spacial score (nSPS) is 57.3. The minimum atomic E-state index is -0.634. The molecule has 6 aliphatic rings. The van der Waals surface area contributed by atoms with Crippen LogP contribution in [0.4, 0.5) is 0 Å². The van der Waals surface area contributed by atoms with E-state index in [1.54, 1.807) is 0 Å². The van der Waals surface area contributed by atoms with Gasteiger partial charge in [-0.3, -0.25) is 4.79 Å². The van der Waals surface area contributed by atoms with Crippen LogP contribution in [-0.2, 0) is 14.3 Å². The number of aliphatic hydroxyl groups excluding tert-OH is 1. The Labute approximate surface area is 193 Å². The van der Waals surface area contributed by atoms with Gasteiger partial charge in [0.25, 0.3) is 0 Å². The SMILES string of the molecule is CC(C)C(C)C=CC(C)C1CCC23OC24C(=O)C2OC25CC(O)CCC5(C)C4CCC13C. The summed E-state index contributed by atoms with van der Waals surface area (Å²) >= 11 is 0. The monoisotopic (exact) mass is 442 g/mol. The highest BCUT2D eigenvalue weighted by molar-refractivity contribution is 6.01. The molecule has 4 saturated carbocycles. The lowest BCUT2D eigenvalue weighted by Crippen LogP contribution is -2.66. The van der Waals surface area contributed by atoms with Crippen molar-refractivity contribution in [3.05, 3.63) is 12.2 Å². The Morgan fingerprint density at radius 1 is 1.00 bits per heavy atom. The highest BCUT2D eigenvalue weighted by Gasteiger charge is 2.95. The van der Waals surface area contributed by atoms with E-state index in [0.29, 0.717) is 30.1 Å². The molecule has 2 heterocycles. The molecule has 11 atom stereocenters. The smallest absolute Gasteiger partial charge is 0.199 e. The van der Waals surface area contributed by atoms with E-state index in [0.717, 1.165) is 38.5 Å². The maximum Gasteiger partial charge on any atom is 0.199 e. The van der Waals surface area contributed by atoms with Gasteiger partial charge in [0.1, 0.15) is 17.3 Å². The van der Waals surface area contributed by atoms with E-state index < -0.39 is 11.2 Å². The standard InChI is InChI=1S/C28H42O4/c1-16(2)17(3)7-8-18(4)20-10-14-27-24(20,5)13-11-21-25(6)12-9-19(29)15-26(25)23(31-26)22(30)28(21,27)32-27/h7-8,16-21,23,29H,9-15H2,1-6H3. The van der Waals surface area contributed by atoms with Crippen LogP contribution in [-0.4, -0.2) is 39.9 Å². The van der Waals surface area contributed by atoms with Gasteiger partial charge in [0.2, 0.25) is 0 Å². The number of ether oxygens (including phenoxy) is 2. The van der Waals surface area contributed by atoms with E-state index >= 15 is 0 Å². The molecule has 1 N–H and O–H groups in total. The van der Waals surface area contributed by atoms with E-state index in [4.69, 9.17) is 9.47 Å². The maximum atomic E-state index is 14.0. The van der Waals surface area contributed by atoms with Gasteiger partial charge < -0.3 is 14.6 Å². The molecular formula is C28H42O4. The molecule has 0 radical (unpaired) electrons. The number of carbonyl (C=O) groups is 1. The summed E-state index contributed by atoms with van der Waals surface area (Å²) in [5, 5.41) is 10.4. The first-order valence-corrected chi connectivity index (χ1v) is 13.3. The number of rotatable bonds is 4. The summed E-state index contributed by atoms with van der Waals surface area (Å²) in [6, 6.07) is 0. The molecule has 32 heavy (non-hydrogen) atoms. The lowest BCUT2D eigenvalue weighted by Gasteiger charge is -2.55. The van der Waals surface area contributed by atoms with E-state index in [9.17, 15) is 9.90 Å². The zero-order valence-corrected chi connectivity index (χ0v) is 20.8. The van der Waals surface area contributed by atoms with Gasteiger partial charge in [-0.15, -0.1) is 0 Å². The van der Waals surface area contributed by atoms with Crippen LogP contribution in [0.3, 0.4) is 0 Å². The van der Waals surface area contributed by atoms with Crippen LogP contribution in [0.1, 0.15) is 86.5 Å². The summed E-state index contributed by atoms with van der Waals surface area (Å²) in [6.45, 7) is 14.0. The Morgan fingerprint density at radius 2 is 1.72 bits per heavy atom. The minimum absolute atomic E-state index is 0.0451. The molecule has 4 heteroatoms. The molecule has 4 nitrogen and oxygen atoms in total. The van der Waals surface area contributed by atoms with Gasteiger partial charge >= 0.3 is 0 Å². The predicted octanol–water partition coefficient (Wildman–Crippen LogP) is 5.08. The van der Waals surface area contributed by atoms with Gasteiger partial charge in [-0.05, 0) is 62.2 Å². The summed E-state index contributed by atoms with van der Waals surface area (Å²) in [4.78, 5) is 14.0. The summed E-state index contributed by atoms with van der Waals surface area (Å²) < 4.78 is 13.1. The summed E-state index contributed by atoms with van der Waals surface area (Å²) in [6.07, 6.45) is 10.9. The van der Waals surface area contributed by atoms with Crippen LogP contribution in [0, 0.1) is 40.4 Å². The fraction of sp³-hybridized carbons (Fsp3) is 0.893. The quantitative estimate of drug-likeness (QED) is 0.487. The van der Waals surface area contributed by atoms with Gasteiger partial charge in [0.05, 0.1) is 6.10 Å². The Kier molecular flexibility index (Phi) is 4.28. The van der Waals surface area contributed by atoms with Gasteiger partial charge in [-0.2, -0.15) is 0 Å². The van der Waals surface area contributed by atoms with E-state index in [2.05, 4.69) is 53.7 Å². The first-order valence-electron chi connectivity index (χ1n) is 13.3. The second-order valence-corrected chi connectivity index (χ2v) is 13.2. The number of ketones is 1. The van der Waals surface area contributed by atoms with E-state index in [1.165, 1.54) is 0 Å². The third-order valence-corrected chi connectivity index (χ3v) is 11.9. The molecule has 0 bridgehead atoms. The number of Topliss-reactive ketones (excluding diaryl/α,β-unsaturated/α-hetero) is 1. The molecule has 0 aromatic carbocycles. The third kappa shape index (κ3) is 2.20. The molecule has 2 saturated heterocycles. The Balaban J connectivity index is 1.33. The zero-order valence-electron chi connectivity index (χ0n) is 20.8. The second kappa shape index (κ2) is 6.29. The molecule has 0 aromatic heterocycles. The molecule has 6 fully saturated rings. The Morgan fingerprint density at radius 3 is 2.44 bits per heavy atom. The number of hydrogen-bond donors (Lipinski definition) is 1. The molecule has 0 aromatic rings. The van der Waals surface area contributed by atoms with Crippen molar-refractivity contribution in [3.8, 4) is 0 Å². The molecule has 4 aliphatic carbocycles. The van der Waals surface area contributed by atoms with Crippen LogP contribution in [0.15, 0.2) is 12.2 Å². The first kappa shape index (κ1) is 21.8. The van der Waals surface area contributed by atoms with Crippen LogP contribution >= 0.6 is 0 Å². The van der Waals surface area contributed by atoms with E-state index in [1.807, 2.05) is 0 Å². The van der Waals surface area contributed by atoms with Crippen molar-refractivity contribution in [2.75, 3.05) is 0 Å². The molecule has 2 aliphatic heterocycles. The van der Waals surface area contributed by atoms with Gasteiger partial charge in [0, 0.05) is 23.2 Å². The lowest BCUT2D eigenvalue weighted by molar-refractivity contribution is -0.140. The predicted molar refractivity (Wildman–Crippen MR) is 123 cm³/mol. The Bertz CT molecular complexity index is 881. The van der Waals surface area contributed by atoms with Crippen LogP contribution < -0.4 is 0 Å². The number of hydrogen-bond acceptors (Lipinski definition) is 4. The number of carbonyl (C=O) groups excluding carboxylic acids is 1. The fourth-order valence-electron chi connectivity index (χ4n) is 9.47. The number of allylic oxidation sites excluding steroid dienone is 2. The molecule has 178 valence electrons. The maximum absolute atomic E-state index is 14.0. The van der Waals surface area contributed by atoms with Gasteiger partial charge in [0.15, 0.2) is 11.4 Å². The van der Waals surface area contributed by atoms with Crippen molar-refractivity contribution in [1.29, 1.82) is 0 Å². The lowest BCUT2D eigenvalue weighted by atomic mass is 9.44. The minimum Gasteiger partial charge on any atom is -0.393 e. The number of fused-ring (bicyclic) bond motifs is 1. The second-order valence-electron chi connectivity index (χ2n) is 13.2. The van der Waals surface area contributed by atoms with Crippen molar-refractivity contribution in [2.24, 2.45) is 40.4 Å².